The van der Waals surface area contributed by atoms with E-state index in [9.17, 15) is 9.59 Å². The Morgan fingerprint density at radius 3 is 2.67 bits per heavy atom. The van der Waals surface area contributed by atoms with Crippen molar-refractivity contribution in [1.82, 2.24) is 14.9 Å². The van der Waals surface area contributed by atoms with Gasteiger partial charge < -0.3 is 10.1 Å². The second-order valence-corrected chi connectivity index (χ2v) is 5.52. The minimum atomic E-state index is -0.610. The highest BCUT2D eigenvalue weighted by molar-refractivity contribution is 7.03. The number of ether oxygens (including phenoxy) is 1. The van der Waals surface area contributed by atoms with Crippen LogP contribution in [0.4, 0.5) is 4.79 Å². The van der Waals surface area contributed by atoms with Crippen LogP contribution in [0, 0.1) is 0 Å². The van der Waals surface area contributed by atoms with E-state index in [4.69, 9.17) is 4.74 Å². The summed E-state index contributed by atoms with van der Waals surface area (Å²) >= 11 is 1.19. The standard InChI is InChI=1S/C11H17N3O3S/c1-7(12-10(16)17-11(2,3)4)9(15)5-8-6-18-14-13-8/h6-7H,5H2,1-4H3,(H,12,16)/t7-/m1/s1. The summed E-state index contributed by atoms with van der Waals surface area (Å²) in [5, 5.41) is 7.98. The van der Waals surface area contributed by atoms with Crippen LogP contribution in [0.25, 0.3) is 0 Å². The zero-order valence-corrected chi connectivity index (χ0v) is 11.7. The van der Waals surface area contributed by atoms with Crippen molar-refractivity contribution in [3.05, 3.63) is 11.1 Å². The molecule has 1 N–H and O–H groups in total. The molecule has 0 aliphatic heterocycles. The Hall–Kier alpha value is -1.50. The summed E-state index contributed by atoms with van der Waals surface area (Å²) in [4.78, 5) is 23.2. The van der Waals surface area contributed by atoms with Crippen LogP contribution >= 0.6 is 11.5 Å². The first kappa shape index (κ1) is 14.6. The molecule has 0 fully saturated rings. The lowest BCUT2D eigenvalue weighted by Crippen LogP contribution is -2.42. The molecule has 0 unspecified atom stereocenters. The molecule has 1 heterocycles. The third-order valence-electron chi connectivity index (χ3n) is 1.98. The molecular formula is C11H17N3O3S. The fourth-order valence-corrected chi connectivity index (χ4v) is 1.61. The highest BCUT2D eigenvalue weighted by atomic mass is 32.1. The molecule has 0 saturated heterocycles. The van der Waals surface area contributed by atoms with Gasteiger partial charge in [0.2, 0.25) is 0 Å². The Kier molecular flexibility index (Phi) is 4.77. The first-order chi connectivity index (χ1) is 8.28. The largest absolute Gasteiger partial charge is 0.444 e. The number of carbonyl (C=O) groups is 2. The molecular weight excluding hydrogens is 254 g/mol. The minimum Gasteiger partial charge on any atom is -0.444 e. The first-order valence-corrected chi connectivity index (χ1v) is 6.40. The van der Waals surface area contributed by atoms with Gasteiger partial charge in [-0.15, -0.1) is 5.10 Å². The SMILES string of the molecule is C[C@@H](NC(=O)OC(C)(C)C)C(=O)Cc1csnn1. The number of alkyl carbamates (subject to hydrolysis) is 1. The van der Waals surface area contributed by atoms with Gasteiger partial charge in [-0.05, 0) is 39.2 Å². The number of hydrogen-bond donors (Lipinski definition) is 1. The van der Waals surface area contributed by atoms with Crippen LogP contribution in [0.2, 0.25) is 0 Å². The van der Waals surface area contributed by atoms with Gasteiger partial charge in [0.15, 0.2) is 5.78 Å². The fraction of sp³-hybridized carbons (Fsp3) is 0.636. The Morgan fingerprint density at radius 1 is 1.50 bits per heavy atom. The number of nitrogens with one attached hydrogen (secondary N) is 1. The molecule has 6 nitrogen and oxygen atoms in total. The van der Waals surface area contributed by atoms with Crippen molar-refractivity contribution in [2.45, 2.75) is 45.8 Å². The third-order valence-corrected chi connectivity index (χ3v) is 2.53. The minimum absolute atomic E-state index is 0.131. The second kappa shape index (κ2) is 5.90. The number of carbonyl (C=O) groups excluding carboxylic acids is 2. The molecule has 0 spiro atoms. The van der Waals surface area contributed by atoms with Crippen LogP contribution in [0.1, 0.15) is 33.4 Å². The quantitative estimate of drug-likeness (QED) is 0.898. The summed E-state index contributed by atoms with van der Waals surface area (Å²) in [6.45, 7) is 6.91. The van der Waals surface area contributed by atoms with Gasteiger partial charge in [0.25, 0.3) is 0 Å². The van der Waals surface area contributed by atoms with E-state index in [0.717, 1.165) is 0 Å². The zero-order chi connectivity index (χ0) is 13.8. The number of aromatic nitrogens is 2. The third kappa shape index (κ3) is 5.22. The molecule has 0 aliphatic rings. The average molecular weight is 271 g/mol. The Bertz CT molecular complexity index is 412. The summed E-state index contributed by atoms with van der Waals surface area (Å²) < 4.78 is 8.74. The molecule has 0 aromatic carbocycles. The lowest BCUT2D eigenvalue weighted by Gasteiger charge is -2.21. The van der Waals surface area contributed by atoms with Crippen molar-refractivity contribution in [2.24, 2.45) is 0 Å². The Morgan fingerprint density at radius 2 is 2.17 bits per heavy atom. The molecule has 0 radical (unpaired) electrons. The van der Waals surface area contributed by atoms with E-state index >= 15 is 0 Å². The van der Waals surface area contributed by atoms with E-state index in [1.807, 2.05) is 0 Å². The van der Waals surface area contributed by atoms with Gasteiger partial charge in [0.1, 0.15) is 5.60 Å². The van der Waals surface area contributed by atoms with E-state index < -0.39 is 17.7 Å². The number of ketones is 1. The molecule has 7 heteroatoms. The van der Waals surface area contributed by atoms with Gasteiger partial charge in [0.05, 0.1) is 18.2 Å². The molecule has 0 saturated carbocycles. The van der Waals surface area contributed by atoms with Gasteiger partial charge in [-0.1, -0.05) is 4.49 Å². The monoisotopic (exact) mass is 271 g/mol. The number of hydrogen-bond acceptors (Lipinski definition) is 6. The van der Waals surface area contributed by atoms with Crippen LogP contribution in [0.3, 0.4) is 0 Å². The number of nitrogens with zero attached hydrogens (tertiary/aromatic N) is 2. The molecule has 1 rings (SSSR count). The topological polar surface area (TPSA) is 81.2 Å². The van der Waals surface area contributed by atoms with Crippen LogP contribution in [-0.2, 0) is 16.0 Å². The van der Waals surface area contributed by atoms with E-state index in [1.165, 1.54) is 11.5 Å². The average Bonchev–Trinajstić information content (AvgIpc) is 2.66. The fourth-order valence-electron chi connectivity index (χ4n) is 1.16. The van der Waals surface area contributed by atoms with Crippen molar-refractivity contribution >= 4 is 23.4 Å². The van der Waals surface area contributed by atoms with Crippen molar-refractivity contribution < 1.29 is 14.3 Å². The van der Waals surface area contributed by atoms with Crippen molar-refractivity contribution in [3.8, 4) is 0 Å². The molecule has 18 heavy (non-hydrogen) atoms. The van der Waals surface area contributed by atoms with Gasteiger partial charge >= 0.3 is 6.09 Å². The van der Waals surface area contributed by atoms with E-state index in [-0.39, 0.29) is 12.2 Å². The van der Waals surface area contributed by atoms with Crippen LogP contribution in [0.15, 0.2) is 5.38 Å². The van der Waals surface area contributed by atoms with Crippen molar-refractivity contribution in [3.63, 3.8) is 0 Å². The predicted molar refractivity (Wildman–Crippen MR) is 67.5 cm³/mol. The molecule has 1 aromatic rings. The number of amides is 1. The van der Waals surface area contributed by atoms with Crippen LogP contribution < -0.4 is 5.32 Å². The van der Waals surface area contributed by atoms with Gasteiger partial charge in [-0.2, -0.15) is 0 Å². The summed E-state index contributed by atoms with van der Waals surface area (Å²) in [7, 11) is 0. The molecule has 0 aliphatic carbocycles. The Labute approximate surface area is 110 Å². The maximum absolute atomic E-state index is 11.8. The lowest BCUT2D eigenvalue weighted by atomic mass is 10.1. The normalized spacial score (nSPS) is 12.9. The molecule has 0 bridgehead atoms. The van der Waals surface area contributed by atoms with Crippen LogP contribution in [0.5, 0.6) is 0 Å². The summed E-state index contributed by atoms with van der Waals surface area (Å²) in [5.74, 6) is -0.131. The second-order valence-electron chi connectivity index (χ2n) is 4.91. The molecule has 100 valence electrons. The van der Waals surface area contributed by atoms with Crippen LogP contribution in [-0.4, -0.2) is 33.1 Å². The van der Waals surface area contributed by atoms with Crippen molar-refractivity contribution in [2.75, 3.05) is 0 Å². The smallest absolute Gasteiger partial charge is 0.408 e. The van der Waals surface area contributed by atoms with E-state index in [2.05, 4.69) is 14.9 Å². The predicted octanol–water partition coefficient (Wildman–Crippen LogP) is 1.56. The van der Waals surface area contributed by atoms with Gasteiger partial charge in [-0.3, -0.25) is 4.79 Å². The maximum Gasteiger partial charge on any atom is 0.408 e. The molecule has 1 aromatic heterocycles. The lowest BCUT2D eigenvalue weighted by molar-refractivity contribution is -0.120. The summed E-state index contributed by atoms with van der Waals surface area (Å²) in [6, 6.07) is -0.610. The summed E-state index contributed by atoms with van der Waals surface area (Å²) in [5.41, 5.74) is 0.0360. The van der Waals surface area contributed by atoms with E-state index in [1.54, 1.807) is 33.1 Å². The highest BCUT2D eigenvalue weighted by Crippen LogP contribution is 2.07. The zero-order valence-electron chi connectivity index (χ0n) is 10.9. The number of rotatable bonds is 4. The summed E-state index contributed by atoms with van der Waals surface area (Å²) in [6.07, 6.45) is -0.437. The van der Waals surface area contributed by atoms with Crippen molar-refractivity contribution in [1.29, 1.82) is 0 Å². The highest BCUT2D eigenvalue weighted by Gasteiger charge is 2.21. The molecule has 1 atom stereocenters. The number of Topliss-reactive ketones (excluding diaryl/α,β-unsaturated/α-hetero) is 1. The maximum atomic E-state index is 11.8. The van der Waals surface area contributed by atoms with Gasteiger partial charge in [0, 0.05) is 5.38 Å². The van der Waals surface area contributed by atoms with E-state index in [0.29, 0.717) is 5.69 Å². The first-order valence-electron chi connectivity index (χ1n) is 5.56. The Balaban J connectivity index is 2.42. The van der Waals surface area contributed by atoms with Gasteiger partial charge in [-0.25, -0.2) is 4.79 Å². The molecule has 1 amide bonds.